The second-order valence-corrected chi connectivity index (χ2v) is 3.04. The summed E-state index contributed by atoms with van der Waals surface area (Å²) >= 11 is 1.18. The zero-order valence-electron chi connectivity index (χ0n) is 7.11. The lowest BCUT2D eigenvalue weighted by atomic mass is 10.8. The summed E-state index contributed by atoms with van der Waals surface area (Å²) in [6, 6.07) is 0. The fourth-order valence-electron chi connectivity index (χ4n) is 0.649. The smallest absolute Gasteiger partial charge is 0.316 e. The Morgan fingerprint density at radius 2 is 2.54 bits per heavy atom. The molecule has 0 aromatic carbocycles. The first-order valence-corrected chi connectivity index (χ1v) is 4.67. The van der Waals surface area contributed by atoms with Crippen LogP contribution in [-0.4, -0.2) is 33.5 Å². The number of anilines is 1. The van der Waals surface area contributed by atoms with Gasteiger partial charge in [-0.1, -0.05) is 11.8 Å². The van der Waals surface area contributed by atoms with Crippen LogP contribution < -0.4 is 5.73 Å². The van der Waals surface area contributed by atoms with Gasteiger partial charge in [0.25, 0.3) is 0 Å². The van der Waals surface area contributed by atoms with E-state index in [1.165, 1.54) is 11.8 Å². The Morgan fingerprint density at radius 1 is 1.77 bits per heavy atom. The van der Waals surface area contributed by atoms with E-state index in [9.17, 15) is 4.79 Å². The van der Waals surface area contributed by atoms with Crippen LogP contribution in [0.15, 0.2) is 5.16 Å². The first kappa shape index (κ1) is 9.85. The summed E-state index contributed by atoms with van der Waals surface area (Å²) < 4.78 is 4.71. The molecule has 0 bridgehead atoms. The monoisotopic (exact) mass is 202 g/mol. The molecular weight excluding hydrogens is 192 g/mol. The third-order valence-corrected chi connectivity index (χ3v) is 1.93. The van der Waals surface area contributed by atoms with Crippen molar-refractivity contribution in [3.63, 3.8) is 0 Å². The number of aromatic nitrogens is 3. The molecule has 0 spiro atoms. The molecule has 1 aromatic heterocycles. The summed E-state index contributed by atoms with van der Waals surface area (Å²) in [7, 11) is 0. The molecule has 6 nitrogen and oxygen atoms in total. The summed E-state index contributed by atoms with van der Waals surface area (Å²) in [6.45, 7) is 2.14. The van der Waals surface area contributed by atoms with Crippen LogP contribution >= 0.6 is 11.8 Å². The third-order valence-electron chi connectivity index (χ3n) is 1.11. The van der Waals surface area contributed by atoms with E-state index in [1.54, 1.807) is 6.92 Å². The van der Waals surface area contributed by atoms with Crippen LogP contribution in [0.2, 0.25) is 0 Å². The van der Waals surface area contributed by atoms with Crippen molar-refractivity contribution in [2.75, 3.05) is 18.1 Å². The van der Waals surface area contributed by atoms with Gasteiger partial charge in [-0.3, -0.25) is 4.79 Å². The standard InChI is InChI=1S/C6H10N4O2S/c1-2-12-4(11)3-13-6-8-5(7)9-10-6/h2-3H2,1H3,(H3,7,8,9,10). The third kappa shape index (κ3) is 3.32. The molecule has 0 aliphatic rings. The molecule has 0 saturated heterocycles. The van der Waals surface area contributed by atoms with Gasteiger partial charge in [0.1, 0.15) is 0 Å². The van der Waals surface area contributed by atoms with E-state index >= 15 is 0 Å². The minimum atomic E-state index is -0.282. The van der Waals surface area contributed by atoms with Crippen LogP contribution in [0.4, 0.5) is 5.95 Å². The number of thioether (sulfide) groups is 1. The number of rotatable bonds is 4. The van der Waals surface area contributed by atoms with Gasteiger partial charge in [-0.2, -0.15) is 4.98 Å². The number of H-pyrrole nitrogens is 1. The number of hydrogen-bond acceptors (Lipinski definition) is 6. The van der Waals surface area contributed by atoms with Crippen molar-refractivity contribution in [2.24, 2.45) is 0 Å². The van der Waals surface area contributed by atoms with E-state index in [-0.39, 0.29) is 17.7 Å². The first-order chi connectivity index (χ1) is 6.22. The zero-order chi connectivity index (χ0) is 9.68. The van der Waals surface area contributed by atoms with Crippen molar-refractivity contribution in [1.29, 1.82) is 0 Å². The number of carbonyl (C=O) groups is 1. The van der Waals surface area contributed by atoms with Crippen molar-refractivity contribution in [3.8, 4) is 0 Å². The van der Waals surface area contributed by atoms with Gasteiger partial charge < -0.3 is 10.5 Å². The SMILES string of the molecule is CCOC(=O)CSc1n[nH]c(N)n1. The van der Waals surface area contributed by atoms with E-state index in [0.717, 1.165) is 0 Å². The number of ether oxygens (including phenoxy) is 1. The lowest BCUT2D eigenvalue weighted by molar-refractivity contribution is -0.139. The van der Waals surface area contributed by atoms with E-state index in [1.807, 2.05) is 0 Å². The van der Waals surface area contributed by atoms with Crippen LogP contribution in [-0.2, 0) is 9.53 Å². The molecule has 7 heteroatoms. The Morgan fingerprint density at radius 3 is 3.08 bits per heavy atom. The van der Waals surface area contributed by atoms with E-state index < -0.39 is 0 Å². The van der Waals surface area contributed by atoms with Gasteiger partial charge >= 0.3 is 5.97 Å². The molecule has 0 amide bonds. The summed E-state index contributed by atoms with van der Waals surface area (Å²) in [5, 5.41) is 6.66. The molecule has 3 N–H and O–H groups in total. The molecule has 0 radical (unpaired) electrons. The first-order valence-electron chi connectivity index (χ1n) is 3.68. The molecule has 0 atom stereocenters. The highest BCUT2D eigenvalue weighted by Crippen LogP contribution is 2.12. The second-order valence-electron chi connectivity index (χ2n) is 2.10. The maximum Gasteiger partial charge on any atom is 0.316 e. The largest absolute Gasteiger partial charge is 0.465 e. The van der Waals surface area contributed by atoms with Crippen molar-refractivity contribution in [3.05, 3.63) is 0 Å². The van der Waals surface area contributed by atoms with Crippen LogP contribution in [0.1, 0.15) is 6.92 Å². The van der Waals surface area contributed by atoms with Crippen molar-refractivity contribution in [1.82, 2.24) is 15.2 Å². The molecule has 1 heterocycles. The predicted octanol–water partition coefficient (Wildman–Crippen LogP) is 0.0421. The number of aromatic amines is 1. The highest BCUT2D eigenvalue weighted by atomic mass is 32.2. The van der Waals surface area contributed by atoms with Gasteiger partial charge in [0.05, 0.1) is 12.4 Å². The van der Waals surface area contributed by atoms with Gasteiger partial charge in [0, 0.05) is 0 Å². The maximum absolute atomic E-state index is 10.9. The van der Waals surface area contributed by atoms with Crippen molar-refractivity contribution >= 4 is 23.7 Å². The molecule has 0 fully saturated rings. The fraction of sp³-hybridized carbons (Fsp3) is 0.500. The number of nitrogens with zero attached hydrogens (tertiary/aromatic N) is 2. The van der Waals surface area contributed by atoms with Gasteiger partial charge in [-0.05, 0) is 6.92 Å². The van der Waals surface area contributed by atoms with Gasteiger partial charge in [0.2, 0.25) is 11.1 Å². The van der Waals surface area contributed by atoms with Crippen LogP contribution in [0.5, 0.6) is 0 Å². The highest BCUT2D eigenvalue weighted by Gasteiger charge is 2.06. The lowest BCUT2D eigenvalue weighted by Crippen LogP contribution is -2.06. The number of nitrogens with one attached hydrogen (secondary N) is 1. The number of carbonyl (C=O) groups excluding carboxylic acids is 1. The topological polar surface area (TPSA) is 93.9 Å². The predicted molar refractivity (Wildman–Crippen MR) is 48.2 cm³/mol. The number of nitrogens with two attached hydrogens (primary N) is 1. The minimum absolute atomic E-state index is 0.200. The summed E-state index contributed by atoms with van der Waals surface area (Å²) in [6.07, 6.45) is 0. The molecule has 0 saturated carbocycles. The van der Waals surface area contributed by atoms with Gasteiger partial charge in [0.15, 0.2) is 0 Å². The van der Waals surface area contributed by atoms with Crippen LogP contribution in [0.25, 0.3) is 0 Å². The zero-order valence-corrected chi connectivity index (χ0v) is 7.93. The van der Waals surface area contributed by atoms with E-state index in [4.69, 9.17) is 10.5 Å². The van der Waals surface area contributed by atoms with Crippen LogP contribution in [0.3, 0.4) is 0 Å². The average molecular weight is 202 g/mol. The Bertz CT molecular complexity index is 288. The van der Waals surface area contributed by atoms with E-state index in [2.05, 4.69) is 15.2 Å². The molecule has 0 aliphatic carbocycles. The summed E-state index contributed by atoms with van der Waals surface area (Å²) in [5.41, 5.74) is 5.28. The van der Waals surface area contributed by atoms with E-state index in [0.29, 0.717) is 11.8 Å². The Hall–Kier alpha value is -1.24. The van der Waals surface area contributed by atoms with Crippen molar-refractivity contribution in [2.45, 2.75) is 12.1 Å². The second kappa shape index (κ2) is 4.70. The summed E-state index contributed by atoms with van der Waals surface area (Å²) in [5.74, 6) is 0.160. The average Bonchev–Trinajstić information content (AvgIpc) is 2.49. The van der Waals surface area contributed by atoms with Gasteiger partial charge in [-0.15, -0.1) is 5.10 Å². The van der Waals surface area contributed by atoms with Gasteiger partial charge in [-0.25, -0.2) is 5.10 Å². The fourth-order valence-corrected chi connectivity index (χ4v) is 1.25. The quantitative estimate of drug-likeness (QED) is 0.529. The van der Waals surface area contributed by atoms with Crippen LogP contribution in [0, 0.1) is 0 Å². The molecular formula is C6H10N4O2S. The highest BCUT2D eigenvalue weighted by molar-refractivity contribution is 7.99. The Kier molecular flexibility index (Phi) is 3.56. The number of esters is 1. The molecule has 1 aromatic rings. The summed E-state index contributed by atoms with van der Waals surface area (Å²) in [4.78, 5) is 14.7. The Labute approximate surface area is 79.2 Å². The molecule has 1 rings (SSSR count). The van der Waals surface area contributed by atoms with Crippen molar-refractivity contribution < 1.29 is 9.53 Å². The number of hydrogen-bond donors (Lipinski definition) is 2. The molecule has 0 aliphatic heterocycles. The minimum Gasteiger partial charge on any atom is -0.465 e. The molecule has 0 unspecified atom stereocenters. The maximum atomic E-state index is 10.9. The molecule has 13 heavy (non-hydrogen) atoms. The normalized spacial score (nSPS) is 9.92. The number of nitrogen functional groups attached to an aromatic ring is 1. The molecule has 72 valence electrons. The Balaban J connectivity index is 2.30. The lowest BCUT2D eigenvalue weighted by Gasteiger charge is -1.97.